The Balaban J connectivity index is 1.49. The van der Waals surface area contributed by atoms with Crippen molar-refractivity contribution in [2.45, 2.75) is 25.3 Å². The quantitative estimate of drug-likeness (QED) is 0.884. The Morgan fingerprint density at radius 1 is 1.30 bits per heavy atom. The van der Waals surface area contributed by atoms with Gasteiger partial charge in [0.2, 0.25) is 5.91 Å². The van der Waals surface area contributed by atoms with Gasteiger partial charge in [-0.25, -0.2) is 4.98 Å². The van der Waals surface area contributed by atoms with Gasteiger partial charge in [-0.2, -0.15) is 0 Å². The van der Waals surface area contributed by atoms with Gasteiger partial charge in [0, 0.05) is 44.8 Å². The van der Waals surface area contributed by atoms with Crippen LogP contribution in [0.15, 0.2) is 24.4 Å². The monoisotopic (exact) mass is 274 g/mol. The van der Waals surface area contributed by atoms with Crippen molar-refractivity contribution in [3.8, 4) is 0 Å². The third-order valence-electron chi connectivity index (χ3n) is 4.24. The molecule has 108 valence electrons. The molecule has 1 amide bonds. The number of pyridine rings is 1. The summed E-state index contributed by atoms with van der Waals surface area (Å²) < 4.78 is 0. The number of carbonyl (C=O) groups excluding carboxylic acids is 1. The maximum Gasteiger partial charge on any atom is 0.224 e. The zero-order valence-corrected chi connectivity index (χ0v) is 11.7. The van der Waals surface area contributed by atoms with Gasteiger partial charge in [0.15, 0.2) is 0 Å². The maximum absolute atomic E-state index is 12.2. The Morgan fingerprint density at radius 2 is 2.05 bits per heavy atom. The molecular weight excluding hydrogens is 252 g/mol. The van der Waals surface area contributed by atoms with Crippen LogP contribution in [0.25, 0.3) is 0 Å². The Bertz CT molecular complexity index is 452. The highest BCUT2D eigenvalue weighted by Crippen LogP contribution is 2.33. The van der Waals surface area contributed by atoms with Crippen LogP contribution in [-0.2, 0) is 4.79 Å². The first-order valence-electron chi connectivity index (χ1n) is 7.43. The Kier molecular flexibility index (Phi) is 3.87. The third-order valence-corrected chi connectivity index (χ3v) is 4.24. The second kappa shape index (κ2) is 5.79. The van der Waals surface area contributed by atoms with E-state index in [1.54, 1.807) is 0 Å². The van der Waals surface area contributed by atoms with Crippen molar-refractivity contribution >= 4 is 11.7 Å². The smallest absolute Gasteiger partial charge is 0.224 e. The molecule has 2 fully saturated rings. The third kappa shape index (κ3) is 3.10. The molecule has 1 atom stereocenters. The van der Waals surface area contributed by atoms with E-state index in [2.05, 4.69) is 9.88 Å². The Hall–Kier alpha value is -1.62. The highest BCUT2D eigenvalue weighted by molar-refractivity contribution is 5.77. The lowest BCUT2D eigenvalue weighted by atomic mass is 10.1. The fraction of sp³-hybridized carbons (Fsp3) is 0.600. The SMILES string of the molecule is NC(CC(=O)N1CCN(c2ccccn2)CC1)C1CC1. The van der Waals surface area contributed by atoms with E-state index in [-0.39, 0.29) is 11.9 Å². The van der Waals surface area contributed by atoms with E-state index in [4.69, 9.17) is 5.73 Å². The molecule has 1 aliphatic carbocycles. The molecule has 0 radical (unpaired) electrons. The van der Waals surface area contributed by atoms with E-state index in [9.17, 15) is 4.79 Å². The highest BCUT2D eigenvalue weighted by atomic mass is 16.2. The fourth-order valence-corrected chi connectivity index (χ4v) is 2.75. The van der Waals surface area contributed by atoms with E-state index in [1.165, 1.54) is 12.8 Å². The van der Waals surface area contributed by atoms with Crippen LogP contribution in [0.1, 0.15) is 19.3 Å². The summed E-state index contributed by atoms with van der Waals surface area (Å²) in [5.41, 5.74) is 6.04. The first kappa shape index (κ1) is 13.4. The van der Waals surface area contributed by atoms with E-state index in [1.807, 2.05) is 29.3 Å². The number of rotatable bonds is 4. The molecule has 5 nitrogen and oxygen atoms in total. The van der Waals surface area contributed by atoms with Gasteiger partial charge in [0.1, 0.15) is 5.82 Å². The van der Waals surface area contributed by atoms with Crippen molar-refractivity contribution in [2.24, 2.45) is 11.7 Å². The molecule has 1 saturated heterocycles. The molecule has 20 heavy (non-hydrogen) atoms. The average Bonchev–Trinajstić information content (AvgIpc) is 3.33. The number of nitrogens with two attached hydrogens (primary N) is 1. The van der Waals surface area contributed by atoms with Gasteiger partial charge < -0.3 is 15.5 Å². The van der Waals surface area contributed by atoms with Crippen LogP contribution in [0.2, 0.25) is 0 Å². The van der Waals surface area contributed by atoms with Gasteiger partial charge in [-0.3, -0.25) is 4.79 Å². The lowest BCUT2D eigenvalue weighted by Gasteiger charge is -2.35. The van der Waals surface area contributed by atoms with E-state index in [0.29, 0.717) is 12.3 Å². The van der Waals surface area contributed by atoms with Gasteiger partial charge in [0.25, 0.3) is 0 Å². The largest absolute Gasteiger partial charge is 0.353 e. The second-order valence-electron chi connectivity index (χ2n) is 5.76. The van der Waals surface area contributed by atoms with Crippen LogP contribution in [-0.4, -0.2) is 48.0 Å². The number of hydrogen-bond acceptors (Lipinski definition) is 4. The molecule has 5 heteroatoms. The molecule has 1 aromatic rings. The van der Waals surface area contributed by atoms with E-state index in [0.717, 1.165) is 32.0 Å². The van der Waals surface area contributed by atoms with Crippen molar-refractivity contribution in [2.75, 3.05) is 31.1 Å². The molecule has 2 heterocycles. The number of carbonyl (C=O) groups is 1. The number of aromatic nitrogens is 1. The van der Waals surface area contributed by atoms with Crippen LogP contribution < -0.4 is 10.6 Å². The molecule has 1 unspecified atom stereocenters. The Morgan fingerprint density at radius 3 is 2.65 bits per heavy atom. The van der Waals surface area contributed by atoms with Crippen LogP contribution in [0.5, 0.6) is 0 Å². The predicted molar refractivity (Wildman–Crippen MR) is 78.3 cm³/mol. The van der Waals surface area contributed by atoms with Crippen LogP contribution in [0, 0.1) is 5.92 Å². The van der Waals surface area contributed by atoms with E-state index < -0.39 is 0 Å². The molecule has 1 aromatic heterocycles. The van der Waals surface area contributed by atoms with Gasteiger partial charge in [0.05, 0.1) is 0 Å². The van der Waals surface area contributed by atoms with Crippen molar-refractivity contribution < 1.29 is 4.79 Å². The minimum absolute atomic E-state index is 0.0660. The fourth-order valence-electron chi connectivity index (χ4n) is 2.75. The summed E-state index contributed by atoms with van der Waals surface area (Å²) in [6, 6.07) is 5.99. The van der Waals surface area contributed by atoms with Crippen LogP contribution in [0.4, 0.5) is 5.82 Å². The van der Waals surface area contributed by atoms with Crippen molar-refractivity contribution in [3.05, 3.63) is 24.4 Å². The normalized spacial score (nSPS) is 20.9. The molecule has 2 N–H and O–H groups in total. The summed E-state index contributed by atoms with van der Waals surface area (Å²) in [5, 5.41) is 0. The van der Waals surface area contributed by atoms with Gasteiger partial charge in [-0.1, -0.05) is 6.07 Å². The van der Waals surface area contributed by atoms with Gasteiger partial charge in [-0.05, 0) is 30.9 Å². The van der Waals surface area contributed by atoms with Crippen molar-refractivity contribution in [1.29, 1.82) is 0 Å². The zero-order valence-electron chi connectivity index (χ0n) is 11.7. The topological polar surface area (TPSA) is 62.5 Å². The van der Waals surface area contributed by atoms with Crippen LogP contribution in [0.3, 0.4) is 0 Å². The first-order valence-corrected chi connectivity index (χ1v) is 7.43. The molecule has 0 bridgehead atoms. The van der Waals surface area contributed by atoms with Gasteiger partial charge >= 0.3 is 0 Å². The Labute approximate surface area is 119 Å². The summed E-state index contributed by atoms with van der Waals surface area (Å²) in [4.78, 5) is 20.7. The number of nitrogens with zero attached hydrogens (tertiary/aromatic N) is 3. The highest BCUT2D eigenvalue weighted by Gasteiger charge is 2.31. The molecule has 1 saturated carbocycles. The minimum atomic E-state index is 0.0660. The molecule has 0 aromatic carbocycles. The lowest BCUT2D eigenvalue weighted by Crippen LogP contribution is -2.50. The van der Waals surface area contributed by atoms with Crippen molar-refractivity contribution in [3.63, 3.8) is 0 Å². The lowest BCUT2D eigenvalue weighted by molar-refractivity contribution is -0.131. The minimum Gasteiger partial charge on any atom is -0.353 e. The van der Waals surface area contributed by atoms with Crippen LogP contribution >= 0.6 is 0 Å². The number of hydrogen-bond donors (Lipinski definition) is 1. The van der Waals surface area contributed by atoms with Crippen molar-refractivity contribution in [1.82, 2.24) is 9.88 Å². The first-order chi connectivity index (χ1) is 9.74. The summed E-state index contributed by atoms with van der Waals surface area (Å²) in [6.07, 6.45) is 4.71. The average molecular weight is 274 g/mol. The predicted octanol–water partition coefficient (Wildman–Crippen LogP) is 0.858. The summed E-state index contributed by atoms with van der Waals surface area (Å²) in [6.45, 7) is 3.24. The number of piperazine rings is 1. The second-order valence-corrected chi connectivity index (χ2v) is 5.76. The summed E-state index contributed by atoms with van der Waals surface area (Å²) >= 11 is 0. The standard InChI is InChI=1S/C15H22N4O/c16-13(12-4-5-12)11-15(20)19-9-7-18(8-10-19)14-3-1-2-6-17-14/h1-3,6,12-13H,4-5,7-11,16H2. The van der Waals surface area contributed by atoms with Gasteiger partial charge in [-0.15, -0.1) is 0 Å². The number of amides is 1. The summed E-state index contributed by atoms with van der Waals surface area (Å²) in [5.74, 6) is 1.80. The molecule has 2 aliphatic rings. The number of anilines is 1. The van der Waals surface area contributed by atoms with E-state index >= 15 is 0 Å². The molecule has 3 rings (SSSR count). The zero-order chi connectivity index (χ0) is 13.9. The molecular formula is C15H22N4O. The molecule has 0 spiro atoms. The summed E-state index contributed by atoms with van der Waals surface area (Å²) in [7, 11) is 0. The maximum atomic E-state index is 12.2. The molecule has 1 aliphatic heterocycles.